The van der Waals surface area contributed by atoms with Gasteiger partial charge in [-0.2, -0.15) is 0 Å². The molecule has 0 saturated carbocycles. The second-order valence-corrected chi connectivity index (χ2v) is 7.38. The van der Waals surface area contributed by atoms with E-state index >= 15 is 0 Å². The molecule has 0 amide bonds. The van der Waals surface area contributed by atoms with Crippen LogP contribution in [0.2, 0.25) is 0 Å². The molecule has 1 N–H and O–H groups in total. The summed E-state index contributed by atoms with van der Waals surface area (Å²) in [4.78, 5) is 4.64. The molecule has 2 heterocycles. The molecule has 0 radical (unpaired) electrons. The Morgan fingerprint density at radius 1 is 1.32 bits per heavy atom. The molecular formula is C16H21NS2. The lowest BCUT2D eigenvalue weighted by atomic mass is 9.98. The summed E-state index contributed by atoms with van der Waals surface area (Å²) in [5, 5.41) is 5.88. The van der Waals surface area contributed by atoms with Gasteiger partial charge in [-0.25, -0.2) is 0 Å². The predicted octanol–water partition coefficient (Wildman–Crippen LogP) is 4.70. The molecular weight excluding hydrogens is 270 g/mol. The van der Waals surface area contributed by atoms with Crippen LogP contribution in [-0.2, 0) is 12.8 Å². The molecule has 1 aliphatic rings. The standard InChI is InChI=1S/C16H21NS2/c1-3-17-15(16-11(2)8-9-18-16)14-10-12-6-4-5-7-13(12)19-14/h8-10,15,17H,3-7H2,1-2H3. The summed E-state index contributed by atoms with van der Waals surface area (Å²) in [5.74, 6) is 0. The van der Waals surface area contributed by atoms with Crippen LogP contribution >= 0.6 is 22.7 Å². The fraction of sp³-hybridized carbons (Fsp3) is 0.500. The van der Waals surface area contributed by atoms with E-state index < -0.39 is 0 Å². The lowest BCUT2D eigenvalue weighted by Gasteiger charge is -2.16. The summed E-state index contributed by atoms with van der Waals surface area (Å²) in [6, 6.07) is 5.10. The molecule has 0 saturated heterocycles. The van der Waals surface area contributed by atoms with Gasteiger partial charge in [-0.15, -0.1) is 22.7 Å². The Balaban J connectivity index is 1.96. The molecule has 2 aromatic rings. The Hall–Kier alpha value is -0.640. The van der Waals surface area contributed by atoms with Gasteiger partial charge in [-0.3, -0.25) is 0 Å². The van der Waals surface area contributed by atoms with Crippen LogP contribution in [0.15, 0.2) is 17.5 Å². The third-order valence-corrected chi connectivity index (χ3v) is 6.26. The molecule has 3 heteroatoms. The molecule has 0 spiro atoms. The highest BCUT2D eigenvalue weighted by atomic mass is 32.1. The van der Waals surface area contributed by atoms with Gasteiger partial charge in [-0.05, 0) is 67.8 Å². The topological polar surface area (TPSA) is 12.0 Å². The Kier molecular flexibility index (Phi) is 4.06. The van der Waals surface area contributed by atoms with Gasteiger partial charge in [0.2, 0.25) is 0 Å². The lowest BCUT2D eigenvalue weighted by molar-refractivity contribution is 0.645. The van der Waals surface area contributed by atoms with E-state index in [-0.39, 0.29) is 0 Å². The van der Waals surface area contributed by atoms with E-state index in [0.29, 0.717) is 6.04 Å². The molecule has 1 aliphatic carbocycles. The monoisotopic (exact) mass is 291 g/mol. The predicted molar refractivity (Wildman–Crippen MR) is 85.5 cm³/mol. The quantitative estimate of drug-likeness (QED) is 0.861. The number of thiophene rings is 2. The van der Waals surface area contributed by atoms with Crippen LogP contribution in [0.3, 0.4) is 0 Å². The van der Waals surface area contributed by atoms with Gasteiger partial charge in [0, 0.05) is 14.6 Å². The average molecular weight is 291 g/mol. The van der Waals surface area contributed by atoms with E-state index in [9.17, 15) is 0 Å². The maximum atomic E-state index is 3.67. The van der Waals surface area contributed by atoms with Gasteiger partial charge in [-0.1, -0.05) is 6.92 Å². The first-order chi connectivity index (χ1) is 9.29. The zero-order valence-corrected chi connectivity index (χ0v) is 13.3. The third kappa shape index (κ3) is 2.64. The molecule has 0 aliphatic heterocycles. The summed E-state index contributed by atoms with van der Waals surface area (Å²) < 4.78 is 0. The van der Waals surface area contributed by atoms with Crippen LogP contribution in [0.25, 0.3) is 0 Å². The Morgan fingerprint density at radius 2 is 2.16 bits per heavy atom. The van der Waals surface area contributed by atoms with Crippen molar-refractivity contribution in [3.05, 3.63) is 43.3 Å². The van der Waals surface area contributed by atoms with Crippen molar-refractivity contribution in [1.29, 1.82) is 0 Å². The minimum atomic E-state index is 0.403. The highest BCUT2D eigenvalue weighted by molar-refractivity contribution is 7.13. The molecule has 0 fully saturated rings. The van der Waals surface area contributed by atoms with Gasteiger partial charge < -0.3 is 5.32 Å². The molecule has 1 unspecified atom stereocenters. The second kappa shape index (κ2) is 5.78. The van der Waals surface area contributed by atoms with Gasteiger partial charge in [0.25, 0.3) is 0 Å². The Bertz CT molecular complexity index is 529. The maximum Gasteiger partial charge on any atom is 0.0767 e. The molecule has 0 bridgehead atoms. The second-order valence-electron chi connectivity index (χ2n) is 5.26. The van der Waals surface area contributed by atoms with Crippen molar-refractivity contribution in [3.8, 4) is 0 Å². The van der Waals surface area contributed by atoms with Crippen LogP contribution in [0, 0.1) is 6.92 Å². The minimum Gasteiger partial charge on any atom is -0.305 e. The van der Waals surface area contributed by atoms with Gasteiger partial charge in [0.05, 0.1) is 6.04 Å². The summed E-state index contributed by atoms with van der Waals surface area (Å²) >= 11 is 3.92. The smallest absolute Gasteiger partial charge is 0.0767 e. The summed E-state index contributed by atoms with van der Waals surface area (Å²) in [7, 11) is 0. The normalized spacial score (nSPS) is 16.3. The largest absolute Gasteiger partial charge is 0.305 e. The van der Waals surface area contributed by atoms with Crippen LogP contribution in [0.4, 0.5) is 0 Å². The van der Waals surface area contributed by atoms with E-state index in [4.69, 9.17) is 0 Å². The molecule has 0 aromatic carbocycles. The molecule has 2 aromatic heterocycles. The number of rotatable bonds is 4. The van der Waals surface area contributed by atoms with E-state index in [1.165, 1.54) is 41.0 Å². The fourth-order valence-corrected chi connectivity index (χ4v) is 5.30. The van der Waals surface area contributed by atoms with Crippen molar-refractivity contribution in [2.75, 3.05) is 6.54 Å². The van der Waals surface area contributed by atoms with Crippen molar-refractivity contribution >= 4 is 22.7 Å². The van der Waals surface area contributed by atoms with Crippen molar-refractivity contribution in [3.63, 3.8) is 0 Å². The zero-order chi connectivity index (χ0) is 13.2. The van der Waals surface area contributed by atoms with Crippen LogP contribution in [0.1, 0.15) is 51.6 Å². The van der Waals surface area contributed by atoms with E-state index in [0.717, 1.165) is 6.54 Å². The number of hydrogen-bond donors (Lipinski definition) is 1. The number of fused-ring (bicyclic) bond motifs is 1. The highest BCUT2D eigenvalue weighted by Crippen LogP contribution is 2.37. The number of hydrogen-bond acceptors (Lipinski definition) is 3. The molecule has 1 nitrogen and oxygen atoms in total. The fourth-order valence-electron chi connectivity index (χ4n) is 2.86. The van der Waals surface area contributed by atoms with E-state index in [1.54, 1.807) is 10.4 Å². The number of nitrogens with one attached hydrogen (secondary N) is 1. The van der Waals surface area contributed by atoms with Crippen LogP contribution in [-0.4, -0.2) is 6.54 Å². The van der Waals surface area contributed by atoms with Crippen molar-refractivity contribution in [2.24, 2.45) is 0 Å². The molecule has 1 atom stereocenters. The summed E-state index contributed by atoms with van der Waals surface area (Å²) in [5.41, 5.74) is 3.03. The average Bonchev–Trinajstić information content (AvgIpc) is 3.02. The summed E-state index contributed by atoms with van der Waals surface area (Å²) in [6.45, 7) is 5.44. The van der Waals surface area contributed by atoms with Crippen LogP contribution in [0.5, 0.6) is 0 Å². The minimum absolute atomic E-state index is 0.403. The Labute approximate surface area is 123 Å². The molecule has 102 valence electrons. The van der Waals surface area contributed by atoms with Crippen molar-refractivity contribution in [2.45, 2.75) is 45.6 Å². The first kappa shape index (κ1) is 13.3. The third-order valence-electron chi connectivity index (χ3n) is 3.87. The Morgan fingerprint density at radius 3 is 2.84 bits per heavy atom. The van der Waals surface area contributed by atoms with Crippen LogP contribution < -0.4 is 5.32 Å². The first-order valence-corrected chi connectivity index (χ1v) is 8.88. The molecule has 19 heavy (non-hydrogen) atoms. The molecule has 3 rings (SSSR count). The van der Waals surface area contributed by atoms with Crippen molar-refractivity contribution < 1.29 is 0 Å². The van der Waals surface area contributed by atoms with Gasteiger partial charge in [0.15, 0.2) is 0 Å². The number of aryl methyl sites for hydroxylation is 3. The first-order valence-electron chi connectivity index (χ1n) is 7.18. The zero-order valence-electron chi connectivity index (χ0n) is 11.7. The van der Waals surface area contributed by atoms with Gasteiger partial charge >= 0.3 is 0 Å². The van der Waals surface area contributed by atoms with Crippen molar-refractivity contribution in [1.82, 2.24) is 5.32 Å². The SMILES string of the molecule is CCNC(c1cc2c(s1)CCCC2)c1sccc1C. The van der Waals surface area contributed by atoms with E-state index in [2.05, 4.69) is 36.7 Å². The maximum absolute atomic E-state index is 3.67. The lowest BCUT2D eigenvalue weighted by Crippen LogP contribution is -2.20. The highest BCUT2D eigenvalue weighted by Gasteiger charge is 2.21. The summed E-state index contributed by atoms with van der Waals surface area (Å²) in [6.07, 6.45) is 5.32. The van der Waals surface area contributed by atoms with E-state index in [1.807, 2.05) is 22.7 Å². The van der Waals surface area contributed by atoms with Gasteiger partial charge in [0.1, 0.15) is 0 Å².